The van der Waals surface area contributed by atoms with Crippen LogP contribution in [-0.4, -0.2) is 19.9 Å². The van der Waals surface area contributed by atoms with Crippen LogP contribution in [0.1, 0.15) is 44.6 Å². The van der Waals surface area contributed by atoms with Crippen molar-refractivity contribution in [2.45, 2.75) is 45.4 Å². The van der Waals surface area contributed by atoms with Crippen LogP contribution in [0.5, 0.6) is 11.5 Å². The lowest BCUT2D eigenvalue weighted by molar-refractivity contribution is 0.356. The first kappa shape index (κ1) is 17.3. The number of unbranched alkanes of at least 4 members (excludes halogenated alkanes) is 2. The van der Waals surface area contributed by atoms with Gasteiger partial charge in [-0.2, -0.15) is 0 Å². The summed E-state index contributed by atoms with van der Waals surface area (Å²) in [5, 5.41) is 10.4. The van der Waals surface area contributed by atoms with E-state index < -0.39 is 0 Å². The van der Waals surface area contributed by atoms with Crippen LogP contribution < -0.4 is 9.47 Å². The van der Waals surface area contributed by atoms with E-state index in [1.54, 1.807) is 14.2 Å². The fourth-order valence-electron chi connectivity index (χ4n) is 2.79. The summed E-state index contributed by atoms with van der Waals surface area (Å²) in [5.74, 6) is 1.51. The Morgan fingerprint density at radius 2 is 1.61 bits per heavy atom. The molecule has 1 N–H and O–H groups in total. The summed E-state index contributed by atoms with van der Waals surface area (Å²) in [6.07, 6.45) is 6.29. The monoisotopic (exact) mass is 313 g/mol. The molecule has 3 nitrogen and oxygen atoms in total. The molecule has 124 valence electrons. The van der Waals surface area contributed by atoms with Crippen LogP contribution >= 0.6 is 0 Å². The van der Waals surface area contributed by atoms with Crippen molar-refractivity contribution in [2.24, 2.45) is 0 Å². The maximum Gasteiger partial charge on any atom is 0.161 e. The van der Waals surface area contributed by atoms with Crippen molar-refractivity contribution in [1.29, 1.82) is 5.41 Å². The SMILES string of the molecule is CCCCCC(=N)CCc1ccc2cc(OC)c(OC)cc2c1. The largest absolute Gasteiger partial charge is 0.493 e. The van der Waals surface area contributed by atoms with E-state index in [-0.39, 0.29) is 0 Å². The van der Waals surface area contributed by atoms with Gasteiger partial charge in [-0.3, -0.25) is 0 Å². The van der Waals surface area contributed by atoms with Crippen molar-refractivity contribution in [3.63, 3.8) is 0 Å². The summed E-state index contributed by atoms with van der Waals surface area (Å²) in [6, 6.07) is 10.5. The molecule has 23 heavy (non-hydrogen) atoms. The van der Waals surface area contributed by atoms with Crippen molar-refractivity contribution in [1.82, 2.24) is 0 Å². The lowest BCUT2D eigenvalue weighted by Crippen LogP contribution is -1.99. The molecular weight excluding hydrogens is 286 g/mol. The highest BCUT2D eigenvalue weighted by Crippen LogP contribution is 2.32. The Balaban J connectivity index is 2.06. The van der Waals surface area contributed by atoms with Gasteiger partial charge in [0.1, 0.15) is 0 Å². The minimum atomic E-state index is 0.754. The summed E-state index contributed by atoms with van der Waals surface area (Å²) in [7, 11) is 3.31. The standard InChI is InChI=1S/C20H27NO2/c1-4-5-6-7-18(21)11-9-15-8-10-16-13-19(22-2)20(23-3)14-17(16)12-15/h8,10,12-14,21H,4-7,9,11H2,1-3H3. The number of rotatable bonds is 9. The molecule has 0 bridgehead atoms. The number of hydrogen-bond donors (Lipinski definition) is 1. The van der Waals surface area contributed by atoms with E-state index in [0.29, 0.717) is 0 Å². The highest BCUT2D eigenvalue weighted by molar-refractivity contribution is 5.87. The summed E-state index contributed by atoms with van der Waals surface area (Å²) >= 11 is 0. The van der Waals surface area contributed by atoms with Gasteiger partial charge in [0.15, 0.2) is 11.5 Å². The molecule has 0 atom stereocenters. The van der Waals surface area contributed by atoms with Crippen LogP contribution in [0.3, 0.4) is 0 Å². The second kappa shape index (κ2) is 8.56. The number of aryl methyl sites for hydroxylation is 1. The maximum atomic E-state index is 8.06. The van der Waals surface area contributed by atoms with Crippen LogP contribution in [0.2, 0.25) is 0 Å². The van der Waals surface area contributed by atoms with Gasteiger partial charge in [-0.25, -0.2) is 0 Å². The van der Waals surface area contributed by atoms with Gasteiger partial charge in [0, 0.05) is 5.71 Å². The quantitative estimate of drug-likeness (QED) is 0.498. The van der Waals surface area contributed by atoms with Crippen molar-refractivity contribution < 1.29 is 9.47 Å². The molecule has 0 amide bonds. The van der Waals surface area contributed by atoms with E-state index in [1.165, 1.54) is 18.4 Å². The predicted molar refractivity (Wildman–Crippen MR) is 97.2 cm³/mol. The van der Waals surface area contributed by atoms with Gasteiger partial charge in [-0.05, 0) is 54.2 Å². The Kier molecular flexibility index (Phi) is 6.45. The van der Waals surface area contributed by atoms with E-state index in [2.05, 4.69) is 25.1 Å². The van der Waals surface area contributed by atoms with Gasteiger partial charge in [0.05, 0.1) is 14.2 Å². The van der Waals surface area contributed by atoms with Crippen molar-refractivity contribution in [3.8, 4) is 11.5 Å². The summed E-state index contributed by atoms with van der Waals surface area (Å²) < 4.78 is 10.7. The Labute approximate surface area is 139 Å². The molecule has 0 aromatic heterocycles. The number of ether oxygens (including phenoxy) is 2. The third-order valence-electron chi connectivity index (χ3n) is 4.20. The molecule has 3 heteroatoms. The molecule has 0 saturated heterocycles. The molecule has 0 heterocycles. The third kappa shape index (κ3) is 4.72. The highest BCUT2D eigenvalue weighted by Gasteiger charge is 2.07. The van der Waals surface area contributed by atoms with E-state index >= 15 is 0 Å². The van der Waals surface area contributed by atoms with Crippen LogP contribution in [0.4, 0.5) is 0 Å². The smallest absolute Gasteiger partial charge is 0.161 e. The number of methoxy groups -OCH3 is 2. The molecule has 2 aromatic rings. The maximum absolute atomic E-state index is 8.06. The first-order valence-electron chi connectivity index (χ1n) is 8.39. The van der Waals surface area contributed by atoms with Crippen LogP contribution in [-0.2, 0) is 6.42 Å². The Morgan fingerprint density at radius 3 is 2.26 bits per heavy atom. The van der Waals surface area contributed by atoms with E-state index in [0.717, 1.165) is 53.7 Å². The predicted octanol–water partition coefficient (Wildman–Crippen LogP) is 5.39. The van der Waals surface area contributed by atoms with Crippen LogP contribution in [0, 0.1) is 5.41 Å². The zero-order valence-electron chi connectivity index (χ0n) is 14.4. The van der Waals surface area contributed by atoms with Crippen molar-refractivity contribution >= 4 is 16.5 Å². The van der Waals surface area contributed by atoms with Crippen molar-refractivity contribution in [2.75, 3.05) is 14.2 Å². The van der Waals surface area contributed by atoms with E-state index in [9.17, 15) is 0 Å². The number of nitrogens with one attached hydrogen (secondary N) is 1. The molecule has 0 saturated carbocycles. The zero-order chi connectivity index (χ0) is 16.7. The topological polar surface area (TPSA) is 42.3 Å². The molecule has 0 aliphatic heterocycles. The Bertz CT molecular complexity index is 664. The second-order valence-electron chi connectivity index (χ2n) is 5.95. The normalized spacial score (nSPS) is 10.7. The second-order valence-corrected chi connectivity index (χ2v) is 5.95. The van der Waals surface area contributed by atoms with Gasteiger partial charge < -0.3 is 14.9 Å². The molecule has 2 aromatic carbocycles. The molecule has 2 rings (SSSR count). The fourth-order valence-corrected chi connectivity index (χ4v) is 2.79. The lowest BCUT2D eigenvalue weighted by Gasteiger charge is -2.10. The van der Waals surface area contributed by atoms with Gasteiger partial charge in [0.2, 0.25) is 0 Å². The molecule has 0 unspecified atom stereocenters. The summed E-state index contributed by atoms with van der Waals surface area (Å²) in [6.45, 7) is 2.20. The minimum Gasteiger partial charge on any atom is -0.493 e. The van der Waals surface area contributed by atoms with Gasteiger partial charge in [0.25, 0.3) is 0 Å². The fraction of sp³-hybridized carbons (Fsp3) is 0.450. The molecule has 0 spiro atoms. The third-order valence-corrected chi connectivity index (χ3v) is 4.20. The van der Waals surface area contributed by atoms with Crippen LogP contribution in [0.25, 0.3) is 10.8 Å². The zero-order valence-corrected chi connectivity index (χ0v) is 14.4. The van der Waals surface area contributed by atoms with Crippen molar-refractivity contribution in [3.05, 3.63) is 35.9 Å². The lowest BCUT2D eigenvalue weighted by atomic mass is 10.0. The van der Waals surface area contributed by atoms with Gasteiger partial charge in [-0.15, -0.1) is 0 Å². The average Bonchev–Trinajstić information content (AvgIpc) is 2.58. The summed E-state index contributed by atoms with van der Waals surface area (Å²) in [5.41, 5.74) is 2.14. The molecule has 0 fully saturated rings. The summed E-state index contributed by atoms with van der Waals surface area (Å²) in [4.78, 5) is 0. The molecular formula is C20H27NO2. The first-order chi connectivity index (χ1) is 11.2. The van der Waals surface area contributed by atoms with Gasteiger partial charge >= 0.3 is 0 Å². The van der Waals surface area contributed by atoms with Crippen LogP contribution in [0.15, 0.2) is 30.3 Å². The first-order valence-corrected chi connectivity index (χ1v) is 8.39. The van der Waals surface area contributed by atoms with Gasteiger partial charge in [-0.1, -0.05) is 38.0 Å². The average molecular weight is 313 g/mol. The molecule has 0 radical (unpaired) electrons. The number of fused-ring (bicyclic) bond motifs is 1. The number of hydrogen-bond acceptors (Lipinski definition) is 3. The highest BCUT2D eigenvalue weighted by atomic mass is 16.5. The minimum absolute atomic E-state index is 0.754. The van der Waals surface area contributed by atoms with E-state index in [4.69, 9.17) is 14.9 Å². The Hall–Kier alpha value is -2.03. The number of benzene rings is 2. The molecule has 0 aliphatic carbocycles. The Morgan fingerprint density at radius 1 is 0.913 bits per heavy atom. The van der Waals surface area contributed by atoms with E-state index in [1.807, 2.05) is 12.1 Å². The molecule has 0 aliphatic rings.